The molecule has 0 bridgehead atoms. The first-order valence-electron chi connectivity index (χ1n) is 11.9. The van der Waals surface area contributed by atoms with E-state index in [0.717, 1.165) is 29.9 Å². The van der Waals surface area contributed by atoms with Gasteiger partial charge in [0.25, 0.3) is 5.56 Å². The maximum Gasteiger partial charge on any atom is 0.274 e. The second-order valence-electron chi connectivity index (χ2n) is 8.88. The molecule has 33 heavy (non-hydrogen) atoms. The first kappa shape index (κ1) is 23.0. The van der Waals surface area contributed by atoms with Crippen LogP contribution in [0.1, 0.15) is 32.8 Å². The van der Waals surface area contributed by atoms with Gasteiger partial charge < -0.3 is 4.98 Å². The predicted molar refractivity (Wildman–Crippen MR) is 132 cm³/mol. The van der Waals surface area contributed by atoms with Gasteiger partial charge in [-0.3, -0.25) is 14.4 Å². The lowest BCUT2D eigenvalue weighted by Crippen LogP contribution is -2.33. The summed E-state index contributed by atoms with van der Waals surface area (Å²) in [7, 11) is 1.83. The molecule has 0 radical (unpaired) electrons. The van der Waals surface area contributed by atoms with Crippen molar-refractivity contribution in [3.05, 3.63) is 77.1 Å². The van der Waals surface area contributed by atoms with Crippen LogP contribution in [0.3, 0.4) is 0 Å². The highest BCUT2D eigenvalue weighted by molar-refractivity contribution is 5.58. The number of aromatic amines is 1. The van der Waals surface area contributed by atoms with Gasteiger partial charge in [0.05, 0.1) is 24.3 Å². The highest BCUT2D eigenvalue weighted by Crippen LogP contribution is 2.45. The molecule has 3 aromatic heterocycles. The van der Waals surface area contributed by atoms with E-state index in [1.807, 2.05) is 27.1 Å². The van der Waals surface area contributed by atoms with Crippen molar-refractivity contribution in [2.75, 3.05) is 13.1 Å². The van der Waals surface area contributed by atoms with Crippen LogP contribution < -0.4 is 5.56 Å². The second kappa shape index (κ2) is 10.2. The van der Waals surface area contributed by atoms with Gasteiger partial charge in [0.1, 0.15) is 5.52 Å². The summed E-state index contributed by atoms with van der Waals surface area (Å²) in [6, 6.07) is 12.5. The zero-order valence-electron chi connectivity index (χ0n) is 20.0. The first-order chi connectivity index (χ1) is 16.1. The fourth-order valence-corrected chi connectivity index (χ4v) is 4.95. The summed E-state index contributed by atoms with van der Waals surface area (Å²) < 4.78 is 3.24. The third-order valence-corrected chi connectivity index (χ3v) is 6.64. The van der Waals surface area contributed by atoms with Gasteiger partial charge in [-0.1, -0.05) is 51.1 Å². The van der Waals surface area contributed by atoms with E-state index in [1.165, 1.54) is 25.1 Å². The van der Waals surface area contributed by atoms with Gasteiger partial charge in [0.2, 0.25) is 0 Å². The summed E-state index contributed by atoms with van der Waals surface area (Å²) in [5.74, 6) is 3.01. The maximum absolute atomic E-state index is 11.7. The van der Waals surface area contributed by atoms with Crippen molar-refractivity contribution < 1.29 is 0 Å². The molecular formula is C26H34N6O. The minimum absolute atomic E-state index is 0.154. The molecule has 2 aliphatic rings. The molecule has 3 unspecified atom stereocenters. The Labute approximate surface area is 195 Å². The van der Waals surface area contributed by atoms with E-state index >= 15 is 0 Å². The van der Waals surface area contributed by atoms with Crippen LogP contribution in [0.15, 0.2) is 66.0 Å². The molecule has 1 N–H and O–H groups in total. The normalized spacial score (nSPS) is 21.4. The number of rotatable bonds is 3. The summed E-state index contributed by atoms with van der Waals surface area (Å²) in [6.45, 7) is 10.2. The summed E-state index contributed by atoms with van der Waals surface area (Å²) in [6.07, 6.45) is 8.36. The summed E-state index contributed by atoms with van der Waals surface area (Å²) in [5, 5.41) is 8.10. The highest BCUT2D eigenvalue weighted by atomic mass is 16.1. The molecule has 0 spiro atoms. The minimum atomic E-state index is -0.154. The number of hydrogen-bond donors (Lipinski definition) is 1. The topological polar surface area (TPSA) is 71.2 Å². The predicted octanol–water partition coefficient (Wildman–Crippen LogP) is 4.22. The van der Waals surface area contributed by atoms with Crippen LogP contribution in [0.4, 0.5) is 0 Å². The molecule has 1 aliphatic heterocycles. The van der Waals surface area contributed by atoms with Gasteiger partial charge in [0.15, 0.2) is 0 Å². The molecule has 4 heterocycles. The number of aromatic nitrogens is 5. The average molecular weight is 447 g/mol. The minimum Gasteiger partial charge on any atom is -0.319 e. The van der Waals surface area contributed by atoms with Gasteiger partial charge >= 0.3 is 0 Å². The van der Waals surface area contributed by atoms with Gasteiger partial charge in [0, 0.05) is 38.4 Å². The smallest absolute Gasteiger partial charge is 0.274 e. The second-order valence-corrected chi connectivity index (χ2v) is 8.88. The van der Waals surface area contributed by atoms with E-state index in [2.05, 4.69) is 57.3 Å². The van der Waals surface area contributed by atoms with Crippen LogP contribution >= 0.6 is 0 Å². The van der Waals surface area contributed by atoms with E-state index in [1.54, 1.807) is 33.9 Å². The lowest BCUT2D eigenvalue weighted by molar-refractivity contribution is 0.139. The highest BCUT2D eigenvalue weighted by Gasteiger charge is 2.44. The molecule has 174 valence electrons. The third-order valence-electron chi connectivity index (χ3n) is 6.64. The van der Waals surface area contributed by atoms with Crippen LogP contribution in [-0.2, 0) is 13.6 Å². The van der Waals surface area contributed by atoms with Crippen molar-refractivity contribution in [1.29, 1.82) is 0 Å². The average Bonchev–Trinajstić information content (AvgIpc) is 3.55. The molecule has 7 nitrogen and oxygen atoms in total. The molecule has 7 heteroatoms. The van der Waals surface area contributed by atoms with Gasteiger partial charge in [-0.05, 0) is 35.8 Å². The summed E-state index contributed by atoms with van der Waals surface area (Å²) in [5.41, 5.74) is 3.41. The van der Waals surface area contributed by atoms with Crippen molar-refractivity contribution in [2.45, 2.75) is 33.7 Å². The lowest BCUT2D eigenvalue weighted by atomic mass is 9.68. The van der Waals surface area contributed by atoms with Crippen LogP contribution in [-0.4, -0.2) is 42.4 Å². The molecular weight excluding hydrogens is 412 g/mol. The van der Waals surface area contributed by atoms with Gasteiger partial charge in [-0.25, -0.2) is 4.52 Å². The van der Waals surface area contributed by atoms with Crippen LogP contribution in [0, 0.1) is 17.8 Å². The number of nitrogens with one attached hydrogen (secondary N) is 1. The van der Waals surface area contributed by atoms with Crippen molar-refractivity contribution in [2.24, 2.45) is 24.8 Å². The standard InChI is InChI=1S/C14H19N.C10H9N5O.C2H6/c1-11-7-13-9-15(10-14(11)13)8-12-5-3-2-4-6-12;1-14-5-7(4-12-14)8-6-15-9(2-3-11-15)10(16)13-8;1-2/h2-6,11,13-14H,7-10H2,1H3;2-6H,1H3,(H,13,16);1-2H3. The molecule has 0 amide bonds. The fourth-order valence-electron chi connectivity index (χ4n) is 4.95. The summed E-state index contributed by atoms with van der Waals surface area (Å²) >= 11 is 0. The fraction of sp³-hybridized carbons (Fsp3) is 0.423. The van der Waals surface area contributed by atoms with E-state index < -0.39 is 0 Å². The molecule has 3 atom stereocenters. The van der Waals surface area contributed by atoms with Crippen LogP contribution in [0.5, 0.6) is 0 Å². The van der Waals surface area contributed by atoms with E-state index in [0.29, 0.717) is 11.2 Å². The molecule has 1 aliphatic carbocycles. The molecule has 1 saturated heterocycles. The Morgan fingerprint density at radius 3 is 2.52 bits per heavy atom. The van der Waals surface area contributed by atoms with Crippen LogP contribution in [0.2, 0.25) is 0 Å². The summed E-state index contributed by atoms with van der Waals surface area (Å²) in [4.78, 5) is 17.1. The lowest BCUT2D eigenvalue weighted by Gasteiger charge is -2.36. The Hall–Kier alpha value is -3.19. The van der Waals surface area contributed by atoms with E-state index in [9.17, 15) is 4.79 Å². The number of H-pyrrole nitrogens is 1. The molecule has 1 aromatic carbocycles. The van der Waals surface area contributed by atoms with Crippen LogP contribution in [0.25, 0.3) is 16.8 Å². The Morgan fingerprint density at radius 1 is 1.06 bits per heavy atom. The van der Waals surface area contributed by atoms with Crippen molar-refractivity contribution in [3.8, 4) is 11.3 Å². The molecule has 4 aromatic rings. The Bertz CT molecular complexity index is 1220. The number of fused-ring (bicyclic) bond motifs is 2. The number of likely N-dealkylation sites (tertiary alicyclic amines) is 1. The van der Waals surface area contributed by atoms with Gasteiger partial charge in [-0.15, -0.1) is 0 Å². The first-order valence-corrected chi connectivity index (χ1v) is 11.9. The zero-order chi connectivity index (χ0) is 23.4. The Balaban J connectivity index is 0.000000147. The third kappa shape index (κ3) is 5.09. The largest absolute Gasteiger partial charge is 0.319 e. The van der Waals surface area contributed by atoms with Gasteiger partial charge in [-0.2, -0.15) is 10.2 Å². The van der Waals surface area contributed by atoms with E-state index in [-0.39, 0.29) is 5.56 Å². The SMILES string of the molecule is CC.CC1CC2CN(Cc3ccccc3)CC12.Cn1cc(-c2cn3nccc3c(=O)[nH]2)cn1. The Kier molecular flexibility index (Phi) is 7.08. The number of nitrogens with zero attached hydrogens (tertiary/aromatic N) is 5. The zero-order valence-corrected chi connectivity index (χ0v) is 20.0. The molecule has 6 rings (SSSR count). The number of benzene rings is 1. The number of hydrogen-bond acceptors (Lipinski definition) is 4. The van der Waals surface area contributed by atoms with Crippen molar-refractivity contribution in [3.63, 3.8) is 0 Å². The monoisotopic (exact) mass is 446 g/mol. The molecule has 2 fully saturated rings. The maximum atomic E-state index is 11.7. The number of aryl methyl sites for hydroxylation is 1. The quantitative estimate of drug-likeness (QED) is 0.511. The van der Waals surface area contributed by atoms with Crippen molar-refractivity contribution in [1.82, 2.24) is 29.3 Å². The van der Waals surface area contributed by atoms with E-state index in [4.69, 9.17) is 0 Å². The Morgan fingerprint density at radius 2 is 1.85 bits per heavy atom. The molecule has 1 saturated carbocycles. The van der Waals surface area contributed by atoms with Crippen molar-refractivity contribution >= 4 is 5.52 Å².